The molecule has 1 saturated heterocycles. The van der Waals surface area contributed by atoms with Gasteiger partial charge < -0.3 is 10.0 Å². The summed E-state index contributed by atoms with van der Waals surface area (Å²) in [6, 6.07) is 13.7. The predicted octanol–water partition coefficient (Wildman–Crippen LogP) is 4.41. The molecule has 2 aromatic carbocycles. The predicted molar refractivity (Wildman–Crippen MR) is 115 cm³/mol. The monoisotopic (exact) mass is 499 g/mol. The number of hydrogen-bond donors (Lipinski definition) is 1. The summed E-state index contributed by atoms with van der Waals surface area (Å²) in [5.41, 5.74) is 1.08. The summed E-state index contributed by atoms with van der Waals surface area (Å²) < 4.78 is 28.2. The van der Waals surface area contributed by atoms with E-state index in [2.05, 4.69) is 0 Å². The first-order valence-corrected chi connectivity index (χ1v) is 10.8. The number of carbonyl (C=O) groups is 1. The fourth-order valence-corrected chi connectivity index (χ4v) is 4.02. The maximum atomic E-state index is 14.4. The van der Waals surface area contributed by atoms with E-state index >= 15 is 0 Å². The third-order valence-electron chi connectivity index (χ3n) is 5.46. The van der Waals surface area contributed by atoms with Crippen LogP contribution in [0.25, 0.3) is 11.1 Å². The van der Waals surface area contributed by atoms with Gasteiger partial charge in [-0.25, -0.2) is 8.78 Å². The van der Waals surface area contributed by atoms with Crippen LogP contribution in [0.5, 0.6) is 0 Å². The van der Waals surface area contributed by atoms with Gasteiger partial charge in [-0.3, -0.25) is 4.79 Å². The Morgan fingerprint density at radius 3 is 2.54 bits per heavy atom. The number of alkyl halides is 2. The number of aliphatic hydroxyl groups is 1. The molecule has 0 aliphatic carbocycles. The summed E-state index contributed by atoms with van der Waals surface area (Å²) in [4.78, 5) is 14.3. The van der Waals surface area contributed by atoms with Crippen molar-refractivity contribution >= 4 is 28.5 Å². The highest BCUT2D eigenvalue weighted by Gasteiger charge is 2.46. The van der Waals surface area contributed by atoms with Crippen molar-refractivity contribution in [1.82, 2.24) is 4.90 Å². The zero-order valence-electron chi connectivity index (χ0n) is 15.9. The molecule has 3 nitrogen and oxygen atoms in total. The van der Waals surface area contributed by atoms with E-state index in [1.54, 1.807) is 13.0 Å². The Balaban J connectivity index is 1.86. The fraction of sp³-hybridized carbons (Fsp3) is 0.409. The van der Waals surface area contributed by atoms with Crippen LogP contribution in [0.2, 0.25) is 0 Å². The zero-order chi connectivity index (χ0) is 20.5. The van der Waals surface area contributed by atoms with Gasteiger partial charge in [0.2, 0.25) is 0 Å². The highest BCUT2D eigenvalue weighted by molar-refractivity contribution is 14.1. The van der Waals surface area contributed by atoms with Crippen LogP contribution in [-0.4, -0.2) is 44.7 Å². The Kier molecular flexibility index (Phi) is 6.39. The Hall–Kier alpha value is -1.54. The summed E-state index contributed by atoms with van der Waals surface area (Å²) in [6.45, 7) is 3.28. The highest BCUT2D eigenvalue weighted by Crippen LogP contribution is 2.32. The number of halogens is 3. The van der Waals surface area contributed by atoms with Crippen molar-refractivity contribution in [2.45, 2.75) is 38.1 Å². The van der Waals surface area contributed by atoms with Crippen LogP contribution >= 0.6 is 22.6 Å². The number of benzene rings is 2. The van der Waals surface area contributed by atoms with Crippen LogP contribution in [0, 0.1) is 11.7 Å². The molecule has 1 N–H and O–H groups in total. The molecular formula is C22H24F2INO2. The minimum absolute atomic E-state index is 0.00104. The summed E-state index contributed by atoms with van der Waals surface area (Å²) in [5.74, 6) is -1.06. The number of amides is 1. The summed E-state index contributed by atoms with van der Waals surface area (Å²) in [7, 11) is 0. The lowest BCUT2D eigenvalue weighted by atomic mass is 9.92. The van der Waals surface area contributed by atoms with Crippen LogP contribution in [0.4, 0.5) is 8.78 Å². The molecule has 6 heteroatoms. The molecule has 3 rings (SSSR count). The van der Waals surface area contributed by atoms with Gasteiger partial charge in [-0.05, 0) is 42.2 Å². The Morgan fingerprint density at radius 2 is 1.89 bits per heavy atom. The summed E-state index contributed by atoms with van der Waals surface area (Å²) in [5, 5.41) is 10.4. The maximum absolute atomic E-state index is 14.4. The van der Waals surface area contributed by atoms with Crippen molar-refractivity contribution in [2.24, 2.45) is 5.92 Å². The molecule has 28 heavy (non-hydrogen) atoms. The number of hydrogen-bond acceptors (Lipinski definition) is 2. The fourth-order valence-electron chi connectivity index (χ4n) is 3.70. The van der Waals surface area contributed by atoms with E-state index in [0.717, 1.165) is 16.7 Å². The molecule has 2 aromatic rings. The lowest BCUT2D eigenvalue weighted by Crippen LogP contribution is -2.51. The number of likely N-dealkylation sites (tertiary alicyclic amines) is 1. The Morgan fingerprint density at radius 1 is 1.25 bits per heavy atom. The van der Waals surface area contributed by atoms with E-state index in [1.165, 1.54) is 24.0 Å². The van der Waals surface area contributed by atoms with Crippen LogP contribution in [-0.2, 0) is 11.2 Å². The van der Waals surface area contributed by atoms with E-state index in [-0.39, 0.29) is 28.7 Å². The molecule has 0 bridgehead atoms. The largest absolute Gasteiger partial charge is 0.379 e. The minimum Gasteiger partial charge on any atom is -0.379 e. The molecule has 1 aliphatic heterocycles. The van der Waals surface area contributed by atoms with Crippen LogP contribution in [0.15, 0.2) is 48.5 Å². The van der Waals surface area contributed by atoms with E-state index in [4.69, 9.17) is 0 Å². The molecule has 0 aromatic heterocycles. The van der Waals surface area contributed by atoms with Crippen molar-refractivity contribution in [2.75, 3.05) is 11.0 Å². The zero-order valence-corrected chi connectivity index (χ0v) is 18.1. The molecular weight excluding hydrogens is 475 g/mol. The van der Waals surface area contributed by atoms with Gasteiger partial charge in [0.25, 0.3) is 5.91 Å². The van der Waals surface area contributed by atoms with E-state index in [1.807, 2.05) is 52.9 Å². The van der Waals surface area contributed by atoms with Crippen molar-refractivity contribution in [3.63, 3.8) is 0 Å². The lowest BCUT2D eigenvalue weighted by Gasteiger charge is -2.32. The van der Waals surface area contributed by atoms with Gasteiger partial charge >= 0.3 is 0 Å². The van der Waals surface area contributed by atoms with E-state index in [9.17, 15) is 18.7 Å². The quantitative estimate of drug-likeness (QED) is 0.490. The summed E-state index contributed by atoms with van der Waals surface area (Å²) in [6.07, 6.45) is -0.640. The third kappa shape index (κ3) is 4.38. The number of carbonyl (C=O) groups excluding carboxylic acids is 1. The molecule has 1 amide bonds. The molecule has 1 fully saturated rings. The molecule has 0 saturated carbocycles. The number of rotatable bonds is 5. The average molecular weight is 499 g/mol. The maximum Gasteiger partial charge on any atom is 0.255 e. The summed E-state index contributed by atoms with van der Waals surface area (Å²) >= 11 is 1.96. The van der Waals surface area contributed by atoms with Crippen LogP contribution in [0.1, 0.15) is 19.4 Å². The lowest BCUT2D eigenvalue weighted by molar-refractivity contribution is -0.148. The normalized spacial score (nSPS) is 24.2. The standard InChI is InChI=1S/C22H24F2INO2/c1-14-19(24)12-26(21(27)22(2,28)13-25)20(14)10-15-5-3-6-16(9-15)17-7-4-8-18(23)11-17/h3-9,11,14,19-20,28H,10,12-13H2,1-2H3/t14-,19-,20-,22?/m0/s1. The van der Waals surface area contributed by atoms with Gasteiger partial charge in [0.1, 0.15) is 17.6 Å². The van der Waals surface area contributed by atoms with Gasteiger partial charge in [0.15, 0.2) is 0 Å². The third-order valence-corrected chi connectivity index (χ3v) is 6.95. The van der Waals surface area contributed by atoms with Gasteiger partial charge in [-0.15, -0.1) is 0 Å². The second-order valence-corrected chi connectivity index (χ2v) is 8.49. The van der Waals surface area contributed by atoms with Gasteiger partial charge in [0.05, 0.1) is 6.54 Å². The highest BCUT2D eigenvalue weighted by atomic mass is 127. The van der Waals surface area contributed by atoms with E-state index in [0.29, 0.717) is 6.42 Å². The smallest absolute Gasteiger partial charge is 0.255 e. The van der Waals surface area contributed by atoms with Crippen molar-refractivity contribution in [1.29, 1.82) is 0 Å². The molecule has 1 heterocycles. The second-order valence-electron chi connectivity index (χ2n) is 7.72. The Bertz CT molecular complexity index is 858. The molecule has 4 atom stereocenters. The SMILES string of the molecule is C[C@H]1[C@@H](F)CN(C(=O)C(C)(O)CI)[C@H]1Cc1cccc(-c2cccc(F)c2)c1. The molecule has 1 aliphatic rings. The Labute approximate surface area is 177 Å². The van der Waals surface area contributed by atoms with Crippen LogP contribution < -0.4 is 0 Å². The molecule has 1 unspecified atom stereocenters. The first-order chi connectivity index (χ1) is 13.2. The first-order valence-electron chi connectivity index (χ1n) is 9.31. The number of nitrogens with zero attached hydrogens (tertiary/aromatic N) is 1. The van der Waals surface area contributed by atoms with Gasteiger partial charge in [-0.2, -0.15) is 0 Å². The van der Waals surface area contributed by atoms with Gasteiger partial charge in [-0.1, -0.05) is 65.9 Å². The van der Waals surface area contributed by atoms with Gasteiger partial charge in [0, 0.05) is 16.4 Å². The van der Waals surface area contributed by atoms with Crippen molar-refractivity contribution in [3.05, 3.63) is 59.9 Å². The van der Waals surface area contributed by atoms with E-state index < -0.39 is 17.7 Å². The molecule has 0 spiro atoms. The van der Waals surface area contributed by atoms with Crippen LogP contribution in [0.3, 0.4) is 0 Å². The van der Waals surface area contributed by atoms with Crippen molar-refractivity contribution in [3.8, 4) is 11.1 Å². The second kappa shape index (κ2) is 8.45. The molecule has 150 valence electrons. The average Bonchev–Trinajstić information content (AvgIpc) is 2.96. The molecule has 0 radical (unpaired) electrons. The topological polar surface area (TPSA) is 40.5 Å². The first kappa shape index (κ1) is 21.2. The minimum atomic E-state index is -1.51. The van der Waals surface area contributed by atoms with Crippen molar-refractivity contribution < 1.29 is 18.7 Å².